The van der Waals surface area contributed by atoms with E-state index >= 15 is 0 Å². The van der Waals surface area contributed by atoms with Gasteiger partial charge >= 0.3 is 0 Å². The highest BCUT2D eigenvalue weighted by atomic mass is 16.5. The second-order valence-electron chi connectivity index (χ2n) is 3.65. The molecule has 178 valence electrons. The minimum absolute atomic E-state index is 0. The minimum Gasteiger partial charge on any atom is -0.370 e. The number of methoxy groups -OCH3 is 1. The summed E-state index contributed by atoms with van der Waals surface area (Å²) in [5.74, 6) is 0.190. The Balaban J connectivity index is -0.0000000293. The van der Waals surface area contributed by atoms with Crippen molar-refractivity contribution >= 4 is 17.7 Å². The van der Waals surface area contributed by atoms with Crippen molar-refractivity contribution in [3.63, 3.8) is 0 Å². The summed E-state index contributed by atoms with van der Waals surface area (Å²) in [6.45, 7) is 13.7. The topological polar surface area (TPSA) is 109 Å². The molecule has 0 aliphatic heterocycles. The first kappa shape index (κ1) is 50.3. The van der Waals surface area contributed by atoms with E-state index in [1.165, 1.54) is 6.92 Å². The predicted molar refractivity (Wildman–Crippen MR) is 126 cm³/mol. The summed E-state index contributed by atoms with van der Waals surface area (Å²) in [6.07, 6.45) is 1.16. The third-order valence-corrected chi connectivity index (χ3v) is 1.84. The lowest BCUT2D eigenvalue weighted by molar-refractivity contribution is -0.121. The lowest BCUT2D eigenvalue weighted by atomic mass is 10.5. The van der Waals surface area contributed by atoms with E-state index in [9.17, 15) is 14.4 Å². The number of nitrogens with one attached hydrogen (secondary N) is 4. The van der Waals surface area contributed by atoms with Gasteiger partial charge in [-0.1, -0.05) is 56.4 Å². The average molecular weight is 415 g/mol. The Kier molecular flexibility index (Phi) is 115. The number of ether oxygens (including phenoxy) is 1. The van der Waals surface area contributed by atoms with Crippen molar-refractivity contribution < 1.29 is 19.1 Å². The maximum absolute atomic E-state index is 10.1. The standard InChI is InChI=1S/2C4H9NO.C3H9NO.C3H7NO.2C2H6.2CH4/c2*1-3-4(6)5-2;1-4-3-5-2;1-3(5)4-2;2*1-2;;/h2*3H2,1-2H3,(H,5,6);4H,3H2,1-2H3;1-2H3,(H,4,5);2*1-2H3;2*1H4. The average Bonchev–Trinajstić information content (AvgIpc) is 2.71. The zero-order chi connectivity index (χ0) is 22.4. The first-order chi connectivity index (χ1) is 12.3. The molecule has 0 aromatic carbocycles. The van der Waals surface area contributed by atoms with Crippen LogP contribution in [0.1, 0.15) is 76.2 Å². The monoisotopic (exact) mass is 414 g/mol. The molecule has 0 fully saturated rings. The molecule has 0 aliphatic rings. The molecule has 0 aromatic heterocycles. The van der Waals surface area contributed by atoms with E-state index in [-0.39, 0.29) is 32.6 Å². The highest BCUT2D eigenvalue weighted by Gasteiger charge is 1.85. The van der Waals surface area contributed by atoms with E-state index in [0.29, 0.717) is 19.6 Å². The second kappa shape index (κ2) is 63.8. The van der Waals surface area contributed by atoms with Crippen LogP contribution in [0.3, 0.4) is 0 Å². The minimum atomic E-state index is 0. The summed E-state index contributed by atoms with van der Waals surface area (Å²) in [7, 11) is 8.35. The van der Waals surface area contributed by atoms with Gasteiger partial charge in [-0.15, -0.1) is 0 Å². The van der Waals surface area contributed by atoms with Crippen LogP contribution in [0.15, 0.2) is 0 Å². The van der Waals surface area contributed by atoms with E-state index in [4.69, 9.17) is 0 Å². The van der Waals surface area contributed by atoms with Gasteiger partial charge in [0, 0.05) is 48.0 Å². The number of carbonyl (C=O) groups excluding carboxylic acids is 3. The van der Waals surface area contributed by atoms with Crippen LogP contribution in [0.4, 0.5) is 0 Å². The fourth-order valence-electron chi connectivity index (χ4n) is 0.498. The van der Waals surface area contributed by atoms with Gasteiger partial charge in [-0.05, 0) is 7.05 Å². The van der Waals surface area contributed by atoms with Crippen molar-refractivity contribution in [2.75, 3.05) is 42.0 Å². The molecule has 0 bridgehead atoms. The van der Waals surface area contributed by atoms with Crippen LogP contribution in [0, 0.1) is 0 Å². The highest BCUT2D eigenvalue weighted by molar-refractivity contribution is 5.75. The number of amides is 3. The highest BCUT2D eigenvalue weighted by Crippen LogP contribution is 1.68. The molecule has 0 aromatic rings. The number of carbonyl (C=O) groups is 3. The van der Waals surface area contributed by atoms with Gasteiger partial charge in [-0.3, -0.25) is 19.7 Å². The zero-order valence-corrected chi connectivity index (χ0v) is 19.3. The first-order valence-corrected chi connectivity index (χ1v) is 9.03. The van der Waals surface area contributed by atoms with Crippen LogP contribution < -0.4 is 21.3 Å². The molecule has 0 heterocycles. The molecule has 0 radical (unpaired) electrons. The van der Waals surface area contributed by atoms with E-state index in [1.807, 2.05) is 48.6 Å². The van der Waals surface area contributed by atoms with Crippen molar-refractivity contribution in [1.82, 2.24) is 21.3 Å². The molecule has 0 unspecified atom stereocenters. The van der Waals surface area contributed by atoms with Gasteiger partial charge in [0.05, 0.1) is 6.73 Å². The molecule has 0 rings (SSSR count). The van der Waals surface area contributed by atoms with Crippen LogP contribution in [0.5, 0.6) is 0 Å². The summed E-state index contributed by atoms with van der Waals surface area (Å²) < 4.78 is 4.58. The molecular weight excluding hydrogens is 360 g/mol. The number of hydrogen-bond acceptors (Lipinski definition) is 5. The maximum atomic E-state index is 10.1. The Hall–Kier alpha value is -1.67. The van der Waals surface area contributed by atoms with Gasteiger partial charge in [-0.25, -0.2) is 0 Å². The van der Waals surface area contributed by atoms with Crippen LogP contribution in [-0.2, 0) is 19.1 Å². The van der Waals surface area contributed by atoms with E-state index in [0.717, 1.165) is 0 Å². The van der Waals surface area contributed by atoms with Crippen molar-refractivity contribution in [3.8, 4) is 0 Å². The molecule has 8 nitrogen and oxygen atoms in total. The molecule has 3 amide bonds. The van der Waals surface area contributed by atoms with Crippen LogP contribution in [0.2, 0.25) is 0 Å². The van der Waals surface area contributed by atoms with Crippen molar-refractivity contribution in [3.05, 3.63) is 0 Å². The molecule has 0 atom stereocenters. The third kappa shape index (κ3) is 124. The second-order valence-corrected chi connectivity index (χ2v) is 3.65. The quantitative estimate of drug-likeness (QED) is 0.528. The lowest BCUT2D eigenvalue weighted by Crippen LogP contribution is -2.15. The van der Waals surface area contributed by atoms with Crippen LogP contribution in [0.25, 0.3) is 0 Å². The zero-order valence-electron chi connectivity index (χ0n) is 19.3. The van der Waals surface area contributed by atoms with E-state index in [2.05, 4.69) is 26.0 Å². The number of rotatable bonds is 4. The molecule has 0 spiro atoms. The van der Waals surface area contributed by atoms with Crippen molar-refractivity contribution in [2.45, 2.75) is 76.2 Å². The van der Waals surface area contributed by atoms with E-state index in [1.54, 1.807) is 28.3 Å². The van der Waals surface area contributed by atoms with Gasteiger partial charge in [-0.2, -0.15) is 0 Å². The Morgan fingerprint density at radius 3 is 0.964 bits per heavy atom. The molecule has 0 saturated carbocycles. The molecule has 28 heavy (non-hydrogen) atoms. The molecule has 0 aliphatic carbocycles. The lowest BCUT2D eigenvalue weighted by Gasteiger charge is -1.88. The fourth-order valence-corrected chi connectivity index (χ4v) is 0.498. The third-order valence-electron chi connectivity index (χ3n) is 1.84. The summed E-state index contributed by atoms with van der Waals surface area (Å²) >= 11 is 0. The largest absolute Gasteiger partial charge is 0.370 e. The fraction of sp³-hybridized carbons (Fsp3) is 0.850. The molecular formula is C20H54N4O4. The Morgan fingerprint density at radius 2 is 0.964 bits per heavy atom. The first-order valence-electron chi connectivity index (χ1n) is 9.03. The summed E-state index contributed by atoms with van der Waals surface area (Å²) in [6, 6.07) is 0. The summed E-state index contributed by atoms with van der Waals surface area (Å²) in [5, 5.41) is 10.1. The van der Waals surface area contributed by atoms with Crippen molar-refractivity contribution in [1.29, 1.82) is 0 Å². The van der Waals surface area contributed by atoms with Gasteiger partial charge in [0.25, 0.3) is 0 Å². The smallest absolute Gasteiger partial charge is 0.219 e. The predicted octanol–water partition coefficient (Wildman–Crippen LogP) is 3.17. The van der Waals surface area contributed by atoms with E-state index < -0.39 is 0 Å². The SMILES string of the molecule is C.C.CC.CC.CCC(=O)NC.CCC(=O)NC.CNC(C)=O.CNCOC. The summed E-state index contributed by atoms with van der Waals surface area (Å²) in [4.78, 5) is 29.8. The summed E-state index contributed by atoms with van der Waals surface area (Å²) in [5.41, 5.74) is 0. The van der Waals surface area contributed by atoms with Crippen molar-refractivity contribution in [2.24, 2.45) is 0 Å². The molecule has 4 N–H and O–H groups in total. The Bertz CT molecular complexity index is 235. The maximum Gasteiger partial charge on any atom is 0.219 e. The Labute approximate surface area is 177 Å². The van der Waals surface area contributed by atoms with Crippen LogP contribution >= 0.6 is 0 Å². The van der Waals surface area contributed by atoms with Gasteiger partial charge in [0.1, 0.15) is 0 Å². The van der Waals surface area contributed by atoms with Crippen LogP contribution in [-0.4, -0.2) is 59.8 Å². The Morgan fingerprint density at radius 1 is 0.714 bits per heavy atom. The molecule has 8 heteroatoms. The molecule has 0 saturated heterocycles. The van der Waals surface area contributed by atoms with Gasteiger partial charge < -0.3 is 20.7 Å². The number of hydrogen-bond donors (Lipinski definition) is 4. The van der Waals surface area contributed by atoms with Gasteiger partial charge in [0.15, 0.2) is 0 Å². The normalized spacial score (nSPS) is 6.43. The van der Waals surface area contributed by atoms with Gasteiger partial charge in [0.2, 0.25) is 17.7 Å².